The zero-order valence-electron chi connectivity index (χ0n) is 13.0. The number of hydrogen-bond acceptors (Lipinski definition) is 4. The Morgan fingerprint density at radius 3 is 2.52 bits per heavy atom. The Labute approximate surface area is 126 Å². The summed E-state index contributed by atoms with van der Waals surface area (Å²) < 4.78 is 0. The maximum Gasteiger partial charge on any atom is 0.253 e. The van der Waals surface area contributed by atoms with E-state index in [-0.39, 0.29) is 5.91 Å². The van der Waals surface area contributed by atoms with Gasteiger partial charge in [0.05, 0.1) is 6.54 Å². The van der Waals surface area contributed by atoms with Crippen LogP contribution in [0.25, 0.3) is 0 Å². The number of hydrogen-bond donors (Lipinski definition) is 2. The van der Waals surface area contributed by atoms with E-state index >= 15 is 0 Å². The Bertz CT molecular complexity index is 506. The summed E-state index contributed by atoms with van der Waals surface area (Å²) in [5, 5.41) is 6.53. The van der Waals surface area contributed by atoms with E-state index in [4.69, 9.17) is 0 Å². The van der Waals surface area contributed by atoms with Crippen molar-refractivity contribution in [2.24, 2.45) is 4.99 Å². The number of nitrogens with one attached hydrogen (secondary N) is 2. The Morgan fingerprint density at radius 1 is 1.33 bits per heavy atom. The number of aliphatic imine (C=N–C) groups is 1. The number of rotatable bonds is 5. The van der Waals surface area contributed by atoms with Crippen molar-refractivity contribution < 1.29 is 4.79 Å². The van der Waals surface area contributed by atoms with Gasteiger partial charge in [-0.05, 0) is 38.5 Å². The lowest BCUT2D eigenvalue weighted by Gasteiger charge is -2.18. The van der Waals surface area contributed by atoms with Crippen LogP contribution >= 0.6 is 0 Å². The van der Waals surface area contributed by atoms with Crippen molar-refractivity contribution >= 4 is 11.9 Å². The molecule has 1 aromatic carbocycles. The highest BCUT2D eigenvalue weighted by Crippen LogP contribution is 2.08. The summed E-state index contributed by atoms with van der Waals surface area (Å²) >= 11 is 0. The fourth-order valence-electron chi connectivity index (χ4n) is 2.30. The third-order valence-electron chi connectivity index (χ3n) is 3.62. The van der Waals surface area contributed by atoms with Gasteiger partial charge in [0.15, 0.2) is 5.96 Å². The Morgan fingerprint density at radius 2 is 2.00 bits per heavy atom. The van der Waals surface area contributed by atoms with Crippen molar-refractivity contribution in [3.8, 4) is 0 Å². The van der Waals surface area contributed by atoms with Crippen LogP contribution in [0.1, 0.15) is 36.7 Å². The molecular weight excluding hydrogens is 264 g/mol. The third-order valence-corrected chi connectivity index (χ3v) is 3.62. The number of nitrogens with zero attached hydrogens (tertiary/aromatic N) is 2. The number of benzene rings is 1. The highest BCUT2D eigenvalue weighted by atomic mass is 16.2. The van der Waals surface area contributed by atoms with Crippen LogP contribution in [-0.2, 0) is 6.54 Å². The molecule has 0 fully saturated rings. The fourth-order valence-corrected chi connectivity index (χ4v) is 2.30. The van der Waals surface area contributed by atoms with Gasteiger partial charge in [-0.2, -0.15) is 0 Å². The first kappa shape index (κ1) is 15.4. The molecule has 2 rings (SSSR count). The van der Waals surface area contributed by atoms with Gasteiger partial charge in [0, 0.05) is 31.2 Å². The number of carbonyl (C=O) groups excluding carboxylic acids is 1. The molecule has 2 N–H and O–H groups in total. The van der Waals surface area contributed by atoms with Crippen LogP contribution in [0.4, 0.5) is 0 Å². The van der Waals surface area contributed by atoms with Crippen LogP contribution in [0.5, 0.6) is 0 Å². The van der Waals surface area contributed by atoms with Crippen molar-refractivity contribution in [2.75, 3.05) is 19.6 Å². The second-order valence-electron chi connectivity index (χ2n) is 5.26. The molecule has 21 heavy (non-hydrogen) atoms. The highest BCUT2D eigenvalue weighted by molar-refractivity contribution is 5.94. The minimum Gasteiger partial charge on any atom is -0.352 e. The maximum absolute atomic E-state index is 12.2. The van der Waals surface area contributed by atoms with E-state index in [9.17, 15) is 4.79 Å². The van der Waals surface area contributed by atoms with E-state index in [1.807, 2.05) is 43.0 Å². The van der Waals surface area contributed by atoms with Gasteiger partial charge in [-0.15, -0.1) is 0 Å². The molecule has 1 aromatic rings. The molecule has 0 radical (unpaired) electrons. The average Bonchev–Trinajstić information content (AvgIpc) is 2.92. The number of carbonyl (C=O) groups is 1. The molecule has 114 valence electrons. The summed E-state index contributed by atoms with van der Waals surface area (Å²) in [6, 6.07) is 8.17. The van der Waals surface area contributed by atoms with Crippen LogP contribution in [0.3, 0.4) is 0 Å². The Balaban J connectivity index is 1.91. The van der Waals surface area contributed by atoms with Crippen LogP contribution in [0.15, 0.2) is 29.3 Å². The Kier molecular flexibility index (Phi) is 5.20. The van der Waals surface area contributed by atoms with Gasteiger partial charge in [0.1, 0.15) is 0 Å². The summed E-state index contributed by atoms with van der Waals surface area (Å²) in [6.45, 7) is 9.10. The van der Waals surface area contributed by atoms with Crippen LogP contribution < -0.4 is 10.6 Å². The SMILES string of the molecule is CCN(CC)C(=O)c1ccc(CNC2=NCC(C)N2)cc1. The van der Waals surface area contributed by atoms with Gasteiger partial charge in [-0.3, -0.25) is 9.79 Å². The van der Waals surface area contributed by atoms with Crippen molar-refractivity contribution in [2.45, 2.75) is 33.4 Å². The predicted molar refractivity (Wildman–Crippen MR) is 85.4 cm³/mol. The van der Waals surface area contributed by atoms with E-state index in [2.05, 4.69) is 22.5 Å². The number of guanidine groups is 1. The standard InChI is InChI=1S/C16H24N4O/c1-4-20(5-2)15(21)14-8-6-13(7-9-14)11-18-16-17-10-12(3)19-16/h6-9,12H,4-5,10-11H2,1-3H3,(H2,17,18,19). The monoisotopic (exact) mass is 288 g/mol. The molecule has 1 aliphatic heterocycles. The molecule has 1 heterocycles. The minimum atomic E-state index is 0.0927. The van der Waals surface area contributed by atoms with Crippen LogP contribution in [0, 0.1) is 0 Å². The first-order valence-corrected chi connectivity index (χ1v) is 7.57. The van der Waals surface area contributed by atoms with Gasteiger partial charge in [-0.25, -0.2) is 0 Å². The third kappa shape index (κ3) is 3.97. The Hall–Kier alpha value is -2.04. The predicted octanol–water partition coefficient (Wildman–Crippen LogP) is 1.61. The van der Waals surface area contributed by atoms with E-state index in [1.165, 1.54) is 0 Å². The highest BCUT2D eigenvalue weighted by Gasteiger charge is 2.13. The quantitative estimate of drug-likeness (QED) is 0.865. The molecule has 0 saturated heterocycles. The van der Waals surface area contributed by atoms with E-state index in [0.717, 1.165) is 36.7 Å². The molecule has 1 amide bonds. The normalized spacial score (nSPS) is 17.1. The fraction of sp³-hybridized carbons (Fsp3) is 0.500. The lowest BCUT2D eigenvalue weighted by atomic mass is 10.1. The lowest BCUT2D eigenvalue weighted by molar-refractivity contribution is 0.0773. The van der Waals surface area contributed by atoms with Crippen molar-refractivity contribution in [1.82, 2.24) is 15.5 Å². The van der Waals surface area contributed by atoms with Crippen molar-refractivity contribution in [3.63, 3.8) is 0 Å². The molecular formula is C16H24N4O. The van der Waals surface area contributed by atoms with Crippen LogP contribution in [-0.4, -0.2) is 42.4 Å². The summed E-state index contributed by atoms with van der Waals surface area (Å²) in [7, 11) is 0. The van der Waals surface area contributed by atoms with Crippen molar-refractivity contribution in [1.29, 1.82) is 0 Å². The maximum atomic E-state index is 12.2. The number of amides is 1. The second-order valence-corrected chi connectivity index (χ2v) is 5.26. The topological polar surface area (TPSA) is 56.7 Å². The van der Waals surface area contributed by atoms with Gasteiger partial charge >= 0.3 is 0 Å². The van der Waals surface area contributed by atoms with E-state index in [0.29, 0.717) is 12.6 Å². The minimum absolute atomic E-state index is 0.0927. The molecule has 5 nitrogen and oxygen atoms in total. The van der Waals surface area contributed by atoms with E-state index in [1.54, 1.807) is 0 Å². The molecule has 0 saturated carbocycles. The lowest BCUT2D eigenvalue weighted by Crippen LogP contribution is -2.37. The first-order chi connectivity index (χ1) is 10.1. The molecule has 0 aliphatic carbocycles. The molecule has 0 bridgehead atoms. The van der Waals surface area contributed by atoms with Gasteiger partial charge in [0.2, 0.25) is 0 Å². The molecule has 0 spiro atoms. The van der Waals surface area contributed by atoms with Crippen molar-refractivity contribution in [3.05, 3.63) is 35.4 Å². The molecule has 1 unspecified atom stereocenters. The van der Waals surface area contributed by atoms with Gasteiger partial charge < -0.3 is 15.5 Å². The zero-order valence-corrected chi connectivity index (χ0v) is 13.0. The summed E-state index contributed by atoms with van der Waals surface area (Å²) in [5.74, 6) is 0.945. The largest absolute Gasteiger partial charge is 0.352 e. The summed E-state index contributed by atoms with van der Waals surface area (Å²) in [4.78, 5) is 18.4. The molecule has 1 aliphatic rings. The first-order valence-electron chi connectivity index (χ1n) is 7.57. The molecule has 1 atom stereocenters. The van der Waals surface area contributed by atoms with Gasteiger partial charge in [-0.1, -0.05) is 12.1 Å². The van der Waals surface area contributed by atoms with Gasteiger partial charge in [0.25, 0.3) is 5.91 Å². The molecule has 0 aromatic heterocycles. The second kappa shape index (κ2) is 7.11. The smallest absolute Gasteiger partial charge is 0.253 e. The molecule has 5 heteroatoms. The zero-order chi connectivity index (χ0) is 15.2. The van der Waals surface area contributed by atoms with Crippen LogP contribution in [0.2, 0.25) is 0 Å². The summed E-state index contributed by atoms with van der Waals surface area (Å²) in [6.07, 6.45) is 0. The average molecular weight is 288 g/mol. The summed E-state index contributed by atoms with van der Waals surface area (Å²) in [5.41, 5.74) is 1.88. The van der Waals surface area contributed by atoms with E-state index < -0.39 is 0 Å².